The highest BCUT2D eigenvalue weighted by atomic mass is 16.2. The smallest absolute Gasteiger partial charge is 0.251 e. The Labute approximate surface area is 149 Å². The number of piperazine rings is 1. The summed E-state index contributed by atoms with van der Waals surface area (Å²) < 4.78 is 0. The Hall–Kier alpha value is -2.37. The van der Waals surface area contributed by atoms with E-state index in [0.29, 0.717) is 31.7 Å². The first-order chi connectivity index (χ1) is 11.8. The van der Waals surface area contributed by atoms with Crippen LogP contribution >= 0.6 is 0 Å². The number of rotatable bonds is 4. The van der Waals surface area contributed by atoms with E-state index in [0.717, 1.165) is 11.1 Å². The molecule has 0 spiro atoms. The van der Waals surface area contributed by atoms with Gasteiger partial charge in [0.15, 0.2) is 0 Å². The second kappa shape index (κ2) is 8.14. The maximum absolute atomic E-state index is 12.3. The molecular weight excluding hydrogens is 318 g/mol. The lowest BCUT2D eigenvalue weighted by Gasteiger charge is -2.35. The molecule has 1 heterocycles. The van der Waals surface area contributed by atoms with E-state index in [1.807, 2.05) is 39.8 Å². The average Bonchev–Trinajstić information content (AvgIpc) is 2.61. The third-order valence-electron chi connectivity index (χ3n) is 4.61. The minimum Gasteiger partial charge on any atom is -0.343 e. The van der Waals surface area contributed by atoms with Crippen molar-refractivity contribution in [1.29, 1.82) is 0 Å². The van der Waals surface area contributed by atoms with Crippen molar-refractivity contribution >= 4 is 17.7 Å². The predicted octanol–water partition coefficient (Wildman–Crippen LogP) is 1.36. The lowest BCUT2D eigenvalue weighted by molar-refractivity contribution is -0.140. The SMILES string of the molecule is Cc1ccc(C(=O)NCC(=O)N2CCN(C(=O)C(C)C)CC2)cc1C. The lowest BCUT2D eigenvalue weighted by atomic mass is 10.1. The number of benzene rings is 1. The zero-order valence-corrected chi connectivity index (χ0v) is 15.5. The van der Waals surface area contributed by atoms with E-state index in [2.05, 4.69) is 5.32 Å². The maximum Gasteiger partial charge on any atom is 0.251 e. The number of hydrogen-bond acceptors (Lipinski definition) is 3. The molecule has 6 nitrogen and oxygen atoms in total. The number of carbonyl (C=O) groups is 3. The summed E-state index contributed by atoms with van der Waals surface area (Å²) in [5.41, 5.74) is 2.73. The summed E-state index contributed by atoms with van der Waals surface area (Å²) in [5.74, 6) is -0.270. The molecule has 1 fully saturated rings. The van der Waals surface area contributed by atoms with Gasteiger partial charge in [-0.2, -0.15) is 0 Å². The van der Waals surface area contributed by atoms with Crippen LogP contribution in [0.1, 0.15) is 35.3 Å². The van der Waals surface area contributed by atoms with Crippen LogP contribution in [0.5, 0.6) is 0 Å². The normalized spacial score (nSPS) is 14.6. The molecule has 6 heteroatoms. The Balaban J connectivity index is 1.82. The first-order valence-electron chi connectivity index (χ1n) is 8.71. The van der Waals surface area contributed by atoms with E-state index in [4.69, 9.17) is 0 Å². The summed E-state index contributed by atoms with van der Waals surface area (Å²) in [6.45, 7) is 9.79. The molecule has 0 bridgehead atoms. The van der Waals surface area contributed by atoms with Gasteiger partial charge in [-0.3, -0.25) is 14.4 Å². The Morgan fingerprint density at radius 2 is 1.60 bits per heavy atom. The minimum atomic E-state index is -0.245. The van der Waals surface area contributed by atoms with E-state index >= 15 is 0 Å². The van der Waals surface area contributed by atoms with Gasteiger partial charge in [0.25, 0.3) is 5.91 Å². The molecule has 1 saturated heterocycles. The van der Waals surface area contributed by atoms with Gasteiger partial charge in [0.2, 0.25) is 11.8 Å². The Morgan fingerprint density at radius 1 is 1.00 bits per heavy atom. The van der Waals surface area contributed by atoms with Gasteiger partial charge in [-0.1, -0.05) is 19.9 Å². The summed E-state index contributed by atoms with van der Waals surface area (Å²) in [5, 5.41) is 2.68. The standard InChI is InChI=1S/C19H27N3O3/c1-13(2)19(25)22-9-7-21(8-10-22)17(23)12-20-18(24)16-6-5-14(3)15(4)11-16/h5-6,11,13H,7-10,12H2,1-4H3,(H,20,24). The van der Waals surface area contributed by atoms with Gasteiger partial charge in [-0.25, -0.2) is 0 Å². The third kappa shape index (κ3) is 4.81. The summed E-state index contributed by atoms with van der Waals surface area (Å²) in [6, 6.07) is 5.49. The molecule has 25 heavy (non-hydrogen) atoms. The van der Waals surface area contributed by atoms with Crippen LogP contribution in [0.15, 0.2) is 18.2 Å². The van der Waals surface area contributed by atoms with Gasteiger partial charge in [-0.15, -0.1) is 0 Å². The van der Waals surface area contributed by atoms with Crippen molar-refractivity contribution in [3.05, 3.63) is 34.9 Å². The quantitative estimate of drug-likeness (QED) is 0.896. The Bertz CT molecular complexity index is 662. The zero-order chi connectivity index (χ0) is 18.6. The number of nitrogens with zero attached hydrogens (tertiary/aromatic N) is 2. The van der Waals surface area contributed by atoms with Gasteiger partial charge in [-0.05, 0) is 37.1 Å². The van der Waals surface area contributed by atoms with Crippen molar-refractivity contribution < 1.29 is 14.4 Å². The van der Waals surface area contributed by atoms with Crippen molar-refractivity contribution in [3.8, 4) is 0 Å². The van der Waals surface area contributed by atoms with E-state index in [-0.39, 0.29) is 30.2 Å². The Morgan fingerprint density at radius 3 is 2.16 bits per heavy atom. The predicted molar refractivity (Wildman–Crippen MR) is 96.2 cm³/mol. The highest BCUT2D eigenvalue weighted by Gasteiger charge is 2.25. The maximum atomic E-state index is 12.3. The van der Waals surface area contributed by atoms with Crippen molar-refractivity contribution in [2.75, 3.05) is 32.7 Å². The van der Waals surface area contributed by atoms with Crippen LogP contribution in [-0.2, 0) is 9.59 Å². The molecule has 1 aromatic carbocycles. The highest BCUT2D eigenvalue weighted by molar-refractivity contribution is 5.96. The molecule has 0 aromatic heterocycles. The molecule has 1 aliphatic rings. The number of nitrogens with one attached hydrogen (secondary N) is 1. The molecule has 1 N–H and O–H groups in total. The summed E-state index contributed by atoms with van der Waals surface area (Å²) in [6.07, 6.45) is 0. The number of amides is 3. The molecular formula is C19H27N3O3. The second-order valence-corrected chi connectivity index (χ2v) is 6.84. The summed E-state index contributed by atoms with van der Waals surface area (Å²) in [4.78, 5) is 39.9. The van der Waals surface area contributed by atoms with Crippen LogP contribution in [0.25, 0.3) is 0 Å². The first-order valence-corrected chi connectivity index (χ1v) is 8.71. The monoisotopic (exact) mass is 345 g/mol. The van der Waals surface area contributed by atoms with Crippen molar-refractivity contribution in [1.82, 2.24) is 15.1 Å². The van der Waals surface area contributed by atoms with Crippen LogP contribution in [0.3, 0.4) is 0 Å². The van der Waals surface area contributed by atoms with Crippen LogP contribution in [0.2, 0.25) is 0 Å². The number of carbonyl (C=O) groups excluding carboxylic acids is 3. The molecule has 0 atom stereocenters. The molecule has 2 rings (SSSR count). The molecule has 0 unspecified atom stereocenters. The fraction of sp³-hybridized carbons (Fsp3) is 0.526. The molecule has 136 valence electrons. The van der Waals surface area contributed by atoms with Crippen LogP contribution in [0, 0.1) is 19.8 Å². The molecule has 0 aliphatic carbocycles. The summed E-state index contributed by atoms with van der Waals surface area (Å²) in [7, 11) is 0. The minimum absolute atomic E-state index is 0.0239. The van der Waals surface area contributed by atoms with E-state index < -0.39 is 0 Å². The van der Waals surface area contributed by atoms with E-state index in [9.17, 15) is 14.4 Å². The van der Waals surface area contributed by atoms with Crippen molar-refractivity contribution in [3.63, 3.8) is 0 Å². The molecule has 0 radical (unpaired) electrons. The van der Waals surface area contributed by atoms with E-state index in [1.165, 1.54) is 0 Å². The fourth-order valence-corrected chi connectivity index (χ4v) is 2.79. The third-order valence-corrected chi connectivity index (χ3v) is 4.61. The molecule has 1 aromatic rings. The molecule has 3 amide bonds. The van der Waals surface area contributed by atoms with Gasteiger partial charge < -0.3 is 15.1 Å². The first kappa shape index (κ1) is 19.0. The van der Waals surface area contributed by atoms with Crippen LogP contribution in [-0.4, -0.2) is 60.2 Å². The van der Waals surface area contributed by atoms with E-state index in [1.54, 1.807) is 15.9 Å². The fourth-order valence-electron chi connectivity index (χ4n) is 2.79. The zero-order valence-electron chi connectivity index (χ0n) is 15.5. The number of aryl methyl sites for hydroxylation is 2. The van der Waals surface area contributed by atoms with Crippen LogP contribution < -0.4 is 5.32 Å². The second-order valence-electron chi connectivity index (χ2n) is 6.84. The van der Waals surface area contributed by atoms with Gasteiger partial charge in [0, 0.05) is 37.7 Å². The molecule has 0 saturated carbocycles. The van der Waals surface area contributed by atoms with Gasteiger partial charge in [0.05, 0.1) is 6.54 Å². The summed E-state index contributed by atoms with van der Waals surface area (Å²) >= 11 is 0. The van der Waals surface area contributed by atoms with Crippen LogP contribution in [0.4, 0.5) is 0 Å². The lowest BCUT2D eigenvalue weighted by Crippen LogP contribution is -2.53. The largest absolute Gasteiger partial charge is 0.343 e. The van der Waals surface area contributed by atoms with Gasteiger partial charge >= 0.3 is 0 Å². The van der Waals surface area contributed by atoms with Crippen molar-refractivity contribution in [2.45, 2.75) is 27.7 Å². The number of hydrogen-bond donors (Lipinski definition) is 1. The van der Waals surface area contributed by atoms with Gasteiger partial charge in [0.1, 0.15) is 0 Å². The highest BCUT2D eigenvalue weighted by Crippen LogP contribution is 2.10. The molecule has 1 aliphatic heterocycles. The average molecular weight is 345 g/mol. The van der Waals surface area contributed by atoms with Crippen molar-refractivity contribution in [2.24, 2.45) is 5.92 Å². The Kier molecular flexibility index (Phi) is 6.17. The topological polar surface area (TPSA) is 69.7 Å².